The molecule has 0 aromatic heterocycles. The Balaban J connectivity index is 1.90. The predicted octanol–water partition coefficient (Wildman–Crippen LogP) is 1.73. The van der Waals surface area contributed by atoms with Crippen molar-refractivity contribution in [1.82, 2.24) is 4.90 Å². The first-order chi connectivity index (χ1) is 6.88. The van der Waals surface area contributed by atoms with Crippen molar-refractivity contribution in [2.75, 3.05) is 24.6 Å². The molecule has 1 saturated carbocycles. The fourth-order valence-corrected chi connectivity index (χ4v) is 3.52. The van der Waals surface area contributed by atoms with E-state index >= 15 is 0 Å². The Morgan fingerprint density at radius 2 is 1.86 bits per heavy atom. The lowest BCUT2D eigenvalue weighted by atomic mass is 9.91. The second kappa shape index (κ2) is 5.38. The van der Waals surface area contributed by atoms with E-state index in [2.05, 4.69) is 16.7 Å². The van der Waals surface area contributed by atoms with Crippen molar-refractivity contribution in [2.45, 2.75) is 44.2 Å². The number of nitrogens with zero attached hydrogens (tertiary/aromatic N) is 1. The molecule has 2 fully saturated rings. The van der Waals surface area contributed by atoms with Crippen LogP contribution in [0.3, 0.4) is 0 Å². The quantitative estimate of drug-likeness (QED) is 0.720. The number of thioether (sulfide) groups is 1. The molecule has 2 rings (SSSR count). The highest BCUT2D eigenvalue weighted by atomic mass is 32.2. The maximum Gasteiger partial charge on any atom is 0.0695 e. The first-order valence-corrected chi connectivity index (χ1v) is 7.03. The van der Waals surface area contributed by atoms with Crippen LogP contribution in [0, 0.1) is 0 Å². The Kier molecular flexibility index (Phi) is 4.14. The van der Waals surface area contributed by atoms with Gasteiger partial charge in [0, 0.05) is 18.3 Å². The van der Waals surface area contributed by atoms with Crippen LogP contribution in [-0.2, 0) is 0 Å². The summed E-state index contributed by atoms with van der Waals surface area (Å²) < 4.78 is 0. The van der Waals surface area contributed by atoms with Crippen LogP contribution in [0.15, 0.2) is 0 Å². The molecule has 82 valence electrons. The highest BCUT2D eigenvalue weighted by Gasteiger charge is 2.28. The summed E-state index contributed by atoms with van der Waals surface area (Å²) in [6.45, 7) is 2.39. The molecule has 0 unspecified atom stereocenters. The Bertz CT molecular complexity index is 169. The molecule has 0 amide bonds. The Morgan fingerprint density at radius 3 is 2.71 bits per heavy atom. The molecule has 14 heavy (non-hydrogen) atoms. The van der Waals surface area contributed by atoms with E-state index in [-0.39, 0.29) is 6.10 Å². The van der Waals surface area contributed by atoms with E-state index in [1.165, 1.54) is 50.3 Å². The highest BCUT2D eigenvalue weighted by molar-refractivity contribution is 7.99. The van der Waals surface area contributed by atoms with Gasteiger partial charge in [-0.1, -0.05) is 12.8 Å². The summed E-state index contributed by atoms with van der Waals surface area (Å²) in [5.41, 5.74) is 0. The third-order valence-corrected chi connectivity index (χ3v) is 4.47. The molecule has 1 N–H and O–H groups in total. The second-order valence-electron chi connectivity index (χ2n) is 4.42. The Hall–Kier alpha value is 0.270. The molecule has 2 aliphatic rings. The number of rotatable bonds is 1. The fraction of sp³-hybridized carbons (Fsp3) is 1.00. The molecular formula is C11H21NOS. The minimum Gasteiger partial charge on any atom is -0.391 e. The summed E-state index contributed by atoms with van der Waals surface area (Å²) in [5, 5.41) is 9.96. The van der Waals surface area contributed by atoms with E-state index < -0.39 is 0 Å². The summed E-state index contributed by atoms with van der Waals surface area (Å²) in [4.78, 5) is 2.53. The van der Waals surface area contributed by atoms with Crippen molar-refractivity contribution in [3.63, 3.8) is 0 Å². The molecule has 2 atom stereocenters. The fourth-order valence-electron chi connectivity index (χ4n) is 2.61. The summed E-state index contributed by atoms with van der Waals surface area (Å²) >= 11 is 2.06. The van der Waals surface area contributed by atoms with E-state index in [1.54, 1.807) is 0 Å². The van der Waals surface area contributed by atoms with Crippen LogP contribution in [0.25, 0.3) is 0 Å². The minimum atomic E-state index is -0.0492. The van der Waals surface area contributed by atoms with E-state index in [0.29, 0.717) is 6.04 Å². The maximum absolute atomic E-state index is 9.96. The van der Waals surface area contributed by atoms with Crippen LogP contribution < -0.4 is 0 Å². The third-order valence-electron chi connectivity index (χ3n) is 3.42. The monoisotopic (exact) mass is 215 g/mol. The third kappa shape index (κ3) is 2.65. The molecule has 0 spiro atoms. The molecule has 1 heterocycles. The normalized spacial score (nSPS) is 36.6. The maximum atomic E-state index is 9.96. The van der Waals surface area contributed by atoms with Gasteiger partial charge in [-0.25, -0.2) is 0 Å². The molecular weight excluding hydrogens is 194 g/mol. The first-order valence-electron chi connectivity index (χ1n) is 5.88. The molecule has 0 aromatic rings. The summed E-state index contributed by atoms with van der Waals surface area (Å²) in [5.74, 6) is 2.56. The SMILES string of the molecule is O[C@@H]1CCCC[C@H]1N1CCCSCC1. The molecule has 0 aromatic carbocycles. The summed E-state index contributed by atoms with van der Waals surface area (Å²) in [7, 11) is 0. The van der Waals surface area contributed by atoms with Gasteiger partial charge in [0.15, 0.2) is 0 Å². The van der Waals surface area contributed by atoms with Gasteiger partial charge >= 0.3 is 0 Å². The summed E-state index contributed by atoms with van der Waals surface area (Å²) in [6.07, 6.45) is 6.02. The molecule has 0 radical (unpaired) electrons. The lowest BCUT2D eigenvalue weighted by molar-refractivity contribution is 0.0234. The van der Waals surface area contributed by atoms with Crippen LogP contribution in [0.4, 0.5) is 0 Å². The standard InChI is InChI=1S/C11H21NOS/c13-11-5-2-1-4-10(11)12-6-3-8-14-9-7-12/h10-11,13H,1-9H2/t10-,11-/m1/s1. The van der Waals surface area contributed by atoms with E-state index in [1.807, 2.05) is 0 Å². The van der Waals surface area contributed by atoms with Crippen LogP contribution in [-0.4, -0.2) is 46.7 Å². The number of hydrogen-bond donors (Lipinski definition) is 1. The Morgan fingerprint density at radius 1 is 1.00 bits per heavy atom. The molecule has 1 aliphatic heterocycles. The zero-order valence-electron chi connectivity index (χ0n) is 8.82. The minimum absolute atomic E-state index is 0.0492. The number of hydrogen-bond acceptors (Lipinski definition) is 3. The van der Waals surface area contributed by atoms with E-state index in [4.69, 9.17) is 0 Å². The van der Waals surface area contributed by atoms with Gasteiger partial charge in [-0.2, -0.15) is 11.8 Å². The number of aliphatic hydroxyl groups excluding tert-OH is 1. The topological polar surface area (TPSA) is 23.5 Å². The largest absolute Gasteiger partial charge is 0.391 e. The molecule has 0 bridgehead atoms. The zero-order chi connectivity index (χ0) is 9.80. The molecule has 1 saturated heterocycles. The predicted molar refractivity (Wildman–Crippen MR) is 61.8 cm³/mol. The van der Waals surface area contributed by atoms with Gasteiger partial charge in [0.25, 0.3) is 0 Å². The average molecular weight is 215 g/mol. The second-order valence-corrected chi connectivity index (χ2v) is 5.65. The van der Waals surface area contributed by atoms with Gasteiger partial charge in [0.05, 0.1) is 6.10 Å². The molecule has 2 nitrogen and oxygen atoms in total. The average Bonchev–Trinajstić information content (AvgIpc) is 2.47. The zero-order valence-corrected chi connectivity index (χ0v) is 9.64. The van der Waals surface area contributed by atoms with Crippen molar-refractivity contribution >= 4 is 11.8 Å². The summed E-state index contributed by atoms with van der Waals surface area (Å²) in [6, 6.07) is 0.474. The van der Waals surface area contributed by atoms with Crippen molar-refractivity contribution in [3.05, 3.63) is 0 Å². The van der Waals surface area contributed by atoms with Crippen molar-refractivity contribution in [3.8, 4) is 0 Å². The highest BCUT2D eigenvalue weighted by Crippen LogP contribution is 2.25. The first kappa shape index (κ1) is 10.8. The lowest BCUT2D eigenvalue weighted by Crippen LogP contribution is -2.46. The van der Waals surface area contributed by atoms with Gasteiger partial charge < -0.3 is 5.11 Å². The van der Waals surface area contributed by atoms with Gasteiger partial charge in [-0.3, -0.25) is 4.90 Å². The van der Waals surface area contributed by atoms with Crippen molar-refractivity contribution in [1.29, 1.82) is 0 Å². The molecule has 3 heteroatoms. The van der Waals surface area contributed by atoms with Crippen LogP contribution in [0.1, 0.15) is 32.1 Å². The van der Waals surface area contributed by atoms with E-state index in [9.17, 15) is 5.11 Å². The smallest absolute Gasteiger partial charge is 0.0695 e. The van der Waals surface area contributed by atoms with Crippen LogP contribution in [0.2, 0.25) is 0 Å². The van der Waals surface area contributed by atoms with Gasteiger partial charge in [0.2, 0.25) is 0 Å². The Labute approximate surface area is 91.1 Å². The van der Waals surface area contributed by atoms with Gasteiger partial charge in [-0.15, -0.1) is 0 Å². The van der Waals surface area contributed by atoms with Crippen molar-refractivity contribution < 1.29 is 5.11 Å². The number of aliphatic hydroxyl groups is 1. The lowest BCUT2D eigenvalue weighted by Gasteiger charge is -2.36. The van der Waals surface area contributed by atoms with Gasteiger partial charge in [0.1, 0.15) is 0 Å². The molecule has 1 aliphatic carbocycles. The van der Waals surface area contributed by atoms with Gasteiger partial charge in [-0.05, 0) is 31.6 Å². The van der Waals surface area contributed by atoms with Crippen LogP contribution >= 0.6 is 11.8 Å². The van der Waals surface area contributed by atoms with Crippen molar-refractivity contribution in [2.24, 2.45) is 0 Å². The van der Waals surface area contributed by atoms with E-state index in [0.717, 1.165) is 6.42 Å². The van der Waals surface area contributed by atoms with Crippen LogP contribution in [0.5, 0.6) is 0 Å².